The highest BCUT2D eigenvalue weighted by atomic mass is 35.5. The molecule has 1 aromatic heterocycles. The number of hydrogen-bond acceptors (Lipinski definition) is 4. The summed E-state index contributed by atoms with van der Waals surface area (Å²) >= 11 is 6.16. The van der Waals surface area contributed by atoms with Gasteiger partial charge in [0.25, 0.3) is 0 Å². The monoisotopic (exact) mass is 386 g/mol. The van der Waals surface area contributed by atoms with E-state index in [0.717, 1.165) is 18.4 Å². The van der Waals surface area contributed by atoms with Crippen LogP contribution in [0.5, 0.6) is 0 Å². The number of carbonyl (C=O) groups excluding carboxylic acids is 2. The van der Waals surface area contributed by atoms with Crippen LogP contribution in [0.15, 0.2) is 42.6 Å². The lowest BCUT2D eigenvalue weighted by Gasteiger charge is -2.30. The second kappa shape index (κ2) is 8.97. The molecule has 142 valence electrons. The topological polar surface area (TPSA) is 74.3 Å². The number of carbonyl (C=O) groups is 2. The second-order valence-electron chi connectivity index (χ2n) is 6.79. The molecule has 0 atom stereocenters. The number of amides is 2. The summed E-state index contributed by atoms with van der Waals surface area (Å²) in [5.74, 6) is 0.401. The van der Waals surface area contributed by atoms with Crippen LogP contribution in [0, 0.1) is 12.8 Å². The first-order valence-corrected chi connectivity index (χ1v) is 9.39. The summed E-state index contributed by atoms with van der Waals surface area (Å²) in [6, 6.07) is 11.0. The molecule has 0 bridgehead atoms. The number of aryl methyl sites for hydroxylation is 1. The number of aromatic nitrogens is 1. The lowest BCUT2D eigenvalue weighted by Crippen LogP contribution is -2.41. The van der Waals surface area contributed by atoms with Gasteiger partial charge < -0.3 is 10.6 Å². The van der Waals surface area contributed by atoms with Crippen LogP contribution in [0.3, 0.4) is 0 Å². The minimum Gasteiger partial charge on any atom is -0.324 e. The molecular formula is C20H23ClN4O2. The highest BCUT2D eigenvalue weighted by Crippen LogP contribution is 2.23. The van der Waals surface area contributed by atoms with Crippen LogP contribution in [0.25, 0.3) is 0 Å². The van der Waals surface area contributed by atoms with E-state index in [1.807, 2.05) is 37.3 Å². The van der Waals surface area contributed by atoms with Gasteiger partial charge >= 0.3 is 0 Å². The molecule has 0 radical (unpaired) electrons. The zero-order valence-corrected chi connectivity index (χ0v) is 16.0. The molecule has 1 aliphatic rings. The minimum atomic E-state index is -0.0999. The van der Waals surface area contributed by atoms with Crippen LogP contribution >= 0.6 is 11.6 Å². The van der Waals surface area contributed by atoms with Gasteiger partial charge in [-0.2, -0.15) is 0 Å². The van der Waals surface area contributed by atoms with Crippen LogP contribution in [0.1, 0.15) is 18.4 Å². The van der Waals surface area contributed by atoms with Gasteiger partial charge in [-0.15, -0.1) is 0 Å². The zero-order valence-electron chi connectivity index (χ0n) is 15.2. The lowest BCUT2D eigenvalue weighted by atomic mass is 9.96. The van der Waals surface area contributed by atoms with E-state index in [9.17, 15) is 9.59 Å². The molecule has 2 N–H and O–H groups in total. The van der Waals surface area contributed by atoms with E-state index in [2.05, 4.69) is 20.5 Å². The highest BCUT2D eigenvalue weighted by Gasteiger charge is 2.26. The predicted molar refractivity (Wildman–Crippen MR) is 107 cm³/mol. The molecule has 2 heterocycles. The Morgan fingerprint density at radius 2 is 1.96 bits per heavy atom. The van der Waals surface area contributed by atoms with Crippen molar-refractivity contribution in [1.82, 2.24) is 9.88 Å². The first-order valence-electron chi connectivity index (χ1n) is 9.01. The molecule has 1 aromatic carbocycles. The fourth-order valence-electron chi connectivity index (χ4n) is 3.13. The molecule has 7 heteroatoms. The maximum Gasteiger partial charge on any atom is 0.238 e. The van der Waals surface area contributed by atoms with Crippen LogP contribution in [-0.2, 0) is 9.59 Å². The number of benzene rings is 1. The summed E-state index contributed by atoms with van der Waals surface area (Å²) in [5.41, 5.74) is 1.67. The molecule has 0 saturated carbocycles. The van der Waals surface area contributed by atoms with Crippen molar-refractivity contribution in [1.29, 1.82) is 0 Å². The van der Waals surface area contributed by atoms with E-state index in [0.29, 0.717) is 36.2 Å². The van der Waals surface area contributed by atoms with E-state index < -0.39 is 0 Å². The van der Waals surface area contributed by atoms with Gasteiger partial charge in [0.1, 0.15) is 5.82 Å². The first kappa shape index (κ1) is 19.3. The largest absolute Gasteiger partial charge is 0.324 e. The number of halogens is 1. The fourth-order valence-corrected chi connectivity index (χ4v) is 3.41. The highest BCUT2D eigenvalue weighted by molar-refractivity contribution is 6.33. The van der Waals surface area contributed by atoms with E-state index in [1.54, 1.807) is 12.3 Å². The Kier molecular flexibility index (Phi) is 6.42. The summed E-state index contributed by atoms with van der Waals surface area (Å²) in [5, 5.41) is 6.23. The third-order valence-electron chi connectivity index (χ3n) is 4.64. The number of likely N-dealkylation sites (tertiary alicyclic amines) is 1. The maximum atomic E-state index is 12.3. The summed E-state index contributed by atoms with van der Waals surface area (Å²) in [4.78, 5) is 30.8. The number of pyridine rings is 1. The summed E-state index contributed by atoms with van der Waals surface area (Å²) in [6.07, 6.45) is 3.09. The van der Waals surface area contributed by atoms with E-state index >= 15 is 0 Å². The third-order valence-corrected chi connectivity index (χ3v) is 4.95. The van der Waals surface area contributed by atoms with Gasteiger partial charge in [-0.05, 0) is 62.7 Å². The molecule has 27 heavy (non-hydrogen) atoms. The summed E-state index contributed by atoms with van der Waals surface area (Å²) in [7, 11) is 0. The van der Waals surface area contributed by atoms with Gasteiger partial charge in [-0.25, -0.2) is 4.98 Å². The van der Waals surface area contributed by atoms with Crippen molar-refractivity contribution >= 4 is 34.9 Å². The van der Waals surface area contributed by atoms with Crippen molar-refractivity contribution in [3.8, 4) is 0 Å². The van der Waals surface area contributed by atoms with Gasteiger partial charge in [-0.3, -0.25) is 14.5 Å². The van der Waals surface area contributed by atoms with Crippen LogP contribution in [0.4, 0.5) is 11.5 Å². The molecule has 2 aromatic rings. The zero-order chi connectivity index (χ0) is 19.2. The molecule has 0 aliphatic carbocycles. The number of piperidine rings is 1. The van der Waals surface area contributed by atoms with Crippen molar-refractivity contribution in [2.24, 2.45) is 5.92 Å². The number of nitrogens with zero attached hydrogens (tertiary/aromatic N) is 2. The lowest BCUT2D eigenvalue weighted by molar-refractivity contribution is -0.121. The van der Waals surface area contributed by atoms with E-state index in [-0.39, 0.29) is 17.7 Å². The van der Waals surface area contributed by atoms with Crippen molar-refractivity contribution in [2.75, 3.05) is 30.3 Å². The molecule has 3 rings (SSSR count). The summed E-state index contributed by atoms with van der Waals surface area (Å²) < 4.78 is 0. The van der Waals surface area contributed by atoms with Crippen molar-refractivity contribution in [3.05, 3.63) is 53.2 Å². The Morgan fingerprint density at radius 1 is 1.19 bits per heavy atom. The van der Waals surface area contributed by atoms with Gasteiger partial charge in [0, 0.05) is 12.1 Å². The second-order valence-corrected chi connectivity index (χ2v) is 7.19. The average molecular weight is 387 g/mol. The SMILES string of the molecule is Cc1ccc(NC(=O)CN2CCC(C(=O)Nc3ccccn3)CC2)c(Cl)c1. The minimum absolute atomic E-state index is 0.00996. The Labute approximate surface area is 163 Å². The predicted octanol–water partition coefficient (Wildman–Crippen LogP) is 3.33. The quantitative estimate of drug-likeness (QED) is 0.826. The molecule has 1 saturated heterocycles. The van der Waals surface area contributed by atoms with E-state index in [1.165, 1.54) is 0 Å². The Hall–Kier alpha value is -2.44. The van der Waals surface area contributed by atoms with Crippen LogP contribution < -0.4 is 10.6 Å². The smallest absolute Gasteiger partial charge is 0.238 e. The van der Waals surface area contributed by atoms with Crippen molar-refractivity contribution < 1.29 is 9.59 Å². The Morgan fingerprint density at radius 3 is 2.63 bits per heavy atom. The number of anilines is 2. The Bertz CT molecular complexity index is 805. The van der Waals surface area contributed by atoms with E-state index in [4.69, 9.17) is 11.6 Å². The molecule has 2 amide bonds. The maximum absolute atomic E-state index is 12.3. The standard InChI is InChI=1S/C20H23ClN4O2/c1-14-5-6-17(16(21)12-14)23-19(26)13-25-10-7-15(8-11-25)20(27)24-18-4-2-3-9-22-18/h2-6,9,12,15H,7-8,10-11,13H2,1H3,(H,23,26)(H,22,24,27). The molecule has 0 spiro atoms. The summed E-state index contributed by atoms with van der Waals surface area (Å²) in [6.45, 7) is 3.65. The van der Waals surface area contributed by atoms with Gasteiger partial charge in [0.05, 0.1) is 17.3 Å². The number of nitrogens with one attached hydrogen (secondary N) is 2. The van der Waals surface area contributed by atoms with Gasteiger partial charge in [0.15, 0.2) is 0 Å². The van der Waals surface area contributed by atoms with Gasteiger partial charge in [0.2, 0.25) is 11.8 Å². The first-order chi connectivity index (χ1) is 13.0. The molecule has 0 unspecified atom stereocenters. The molecule has 6 nitrogen and oxygen atoms in total. The molecule has 1 aliphatic heterocycles. The number of hydrogen-bond donors (Lipinski definition) is 2. The van der Waals surface area contributed by atoms with Crippen LogP contribution in [-0.4, -0.2) is 41.3 Å². The third kappa shape index (κ3) is 5.52. The number of rotatable bonds is 5. The fraction of sp³-hybridized carbons (Fsp3) is 0.350. The van der Waals surface area contributed by atoms with Crippen molar-refractivity contribution in [2.45, 2.75) is 19.8 Å². The van der Waals surface area contributed by atoms with Crippen LogP contribution in [0.2, 0.25) is 5.02 Å². The molecule has 1 fully saturated rings. The molecular weight excluding hydrogens is 364 g/mol. The Balaban J connectivity index is 1.45. The van der Waals surface area contributed by atoms with Gasteiger partial charge in [-0.1, -0.05) is 23.7 Å². The average Bonchev–Trinajstić information content (AvgIpc) is 2.65. The van der Waals surface area contributed by atoms with Crippen molar-refractivity contribution in [3.63, 3.8) is 0 Å². The normalized spacial score (nSPS) is 15.3.